The summed E-state index contributed by atoms with van der Waals surface area (Å²) in [6, 6.07) is -3.25. The maximum absolute atomic E-state index is 12.6. The second kappa shape index (κ2) is 20.5. The van der Waals surface area contributed by atoms with Crippen LogP contribution < -0.4 is 10.6 Å². The van der Waals surface area contributed by atoms with Gasteiger partial charge >= 0.3 is 0 Å². The number of hydrogen-bond donors (Lipinski definition) is 15. The molecule has 0 spiro atoms. The number of ether oxygens (including phenoxy) is 9. The van der Waals surface area contributed by atoms with Crippen molar-refractivity contribution in [3.63, 3.8) is 0 Å². The van der Waals surface area contributed by atoms with Gasteiger partial charge in [-0.25, -0.2) is 0 Å². The van der Waals surface area contributed by atoms with E-state index in [2.05, 4.69) is 10.6 Å². The maximum Gasteiger partial charge on any atom is 0.217 e. The predicted octanol–water partition coefficient (Wildman–Crippen LogP) is -9.97. The summed E-state index contributed by atoms with van der Waals surface area (Å²) in [5.41, 5.74) is 0. The summed E-state index contributed by atoms with van der Waals surface area (Å²) in [7, 11) is 0. The highest BCUT2D eigenvalue weighted by atomic mass is 16.8. The second-order valence-electron chi connectivity index (χ2n) is 15.0. The number of carbonyl (C=O) groups excluding carboxylic acids is 2. The molecule has 5 fully saturated rings. The molecule has 5 aliphatic rings. The van der Waals surface area contributed by atoms with Crippen LogP contribution in [0.1, 0.15) is 20.8 Å². The number of amides is 2. The Labute approximate surface area is 335 Å². The Morgan fingerprint density at radius 2 is 1.03 bits per heavy atom. The van der Waals surface area contributed by atoms with Crippen LogP contribution in [0.4, 0.5) is 0 Å². The topological polar surface area (TPSA) is 404 Å². The molecule has 0 aromatic rings. The van der Waals surface area contributed by atoms with E-state index in [4.69, 9.17) is 42.6 Å². The van der Waals surface area contributed by atoms with Gasteiger partial charge in [0.25, 0.3) is 0 Å². The quantitative estimate of drug-likeness (QED) is 0.0817. The van der Waals surface area contributed by atoms with Crippen LogP contribution >= 0.6 is 0 Å². The molecule has 342 valence electrons. The smallest absolute Gasteiger partial charge is 0.217 e. The molecule has 0 aromatic carbocycles. The molecule has 0 bridgehead atoms. The van der Waals surface area contributed by atoms with E-state index < -0.39 is 186 Å². The van der Waals surface area contributed by atoms with Gasteiger partial charge in [-0.2, -0.15) is 0 Å². The van der Waals surface area contributed by atoms with Gasteiger partial charge in [0.1, 0.15) is 110 Å². The van der Waals surface area contributed by atoms with E-state index in [1.807, 2.05) is 0 Å². The summed E-state index contributed by atoms with van der Waals surface area (Å²) >= 11 is 0. The zero-order chi connectivity index (χ0) is 43.6. The molecular formula is C33H56N2O24. The average Bonchev–Trinajstić information content (AvgIpc) is 3.19. The minimum Gasteiger partial charge on any atom is -0.394 e. The van der Waals surface area contributed by atoms with E-state index >= 15 is 0 Å². The van der Waals surface area contributed by atoms with Gasteiger partial charge in [0.15, 0.2) is 31.5 Å². The second-order valence-corrected chi connectivity index (χ2v) is 15.0. The third-order valence-electron chi connectivity index (χ3n) is 10.7. The molecule has 0 radical (unpaired) electrons. The van der Waals surface area contributed by atoms with E-state index in [0.717, 1.165) is 13.8 Å². The van der Waals surface area contributed by atoms with Crippen LogP contribution in [0.25, 0.3) is 0 Å². The van der Waals surface area contributed by atoms with E-state index in [-0.39, 0.29) is 0 Å². The van der Waals surface area contributed by atoms with Crippen molar-refractivity contribution in [2.45, 2.75) is 168 Å². The lowest BCUT2D eigenvalue weighted by molar-refractivity contribution is -0.386. The minimum absolute atomic E-state index is 0.528. The van der Waals surface area contributed by atoms with Crippen LogP contribution in [0.5, 0.6) is 0 Å². The van der Waals surface area contributed by atoms with E-state index in [1.165, 1.54) is 6.92 Å². The molecule has 5 aliphatic heterocycles. The van der Waals surface area contributed by atoms with Gasteiger partial charge in [0.05, 0.1) is 32.5 Å². The average molecular weight is 865 g/mol. The minimum atomic E-state index is -1.97. The Bertz CT molecular complexity index is 1370. The first kappa shape index (κ1) is 48.1. The highest BCUT2D eigenvalue weighted by Gasteiger charge is 2.57. The summed E-state index contributed by atoms with van der Waals surface area (Å²) in [5, 5.41) is 142. The van der Waals surface area contributed by atoms with Crippen molar-refractivity contribution in [3.8, 4) is 0 Å². The van der Waals surface area contributed by atoms with E-state index in [0.29, 0.717) is 0 Å². The van der Waals surface area contributed by atoms with Crippen molar-refractivity contribution in [2.24, 2.45) is 0 Å². The molecule has 15 N–H and O–H groups in total. The van der Waals surface area contributed by atoms with E-state index in [1.54, 1.807) is 0 Å². The lowest BCUT2D eigenvalue weighted by atomic mass is 9.93. The molecule has 5 heterocycles. The number of rotatable bonds is 13. The normalized spacial score (nSPS) is 49.6. The summed E-state index contributed by atoms with van der Waals surface area (Å²) in [4.78, 5) is 24.8. The molecule has 24 atom stereocenters. The van der Waals surface area contributed by atoms with Crippen molar-refractivity contribution >= 4 is 11.8 Å². The molecule has 26 nitrogen and oxygen atoms in total. The lowest BCUT2D eigenvalue weighted by Crippen LogP contribution is -2.71. The summed E-state index contributed by atoms with van der Waals surface area (Å²) in [6.45, 7) is 0.185. The highest BCUT2D eigenvalue weighted by Crippen LogP contribution is 2.36. The Morgan fingerprint density at radius 3 is 1.64 bits per heavy atom. The Balaban J connectivity index is 1.45. The first-order valence-electron chi connectivity index (χ1n) is 18.9. The van der Waals surface area contributed by atoms with Gasteiger partial charge in [0.2, 0.25) is 11.8 Å². The molecule has 0 aliphatic carbocycles. The van der Waals surface area contributed by atoms with Crippen LogP contribution in [0.15, 0.2) is 0 Å². The molecule has 5 rings (SSSR count). The van der Waals surface area contributed by atoms with Crippen molar-refractivity contribution in [3.05, 3.63) is 0 Å². The van der Waals surface area contributed by atoms with Gasteiger partial charge < -0.3 is 120 Å². The van der Waals surface area contributed by atoms with Crippen LogP contribution in [0.2, 0.25) is 0 Å². The molecule has 0 aromatic heterocycles. The molecule has 59 heavy (non-hydrogen) atoms. The third-order valence-corrected chi connectivity index (χ3v) is 10.7. The lowest BCUT2D eigenvalue weighted by Gasteiger charge is -2.51. The number of aliphatic hydroxyl groups excluding tert-OH is 13. The molecule has 5 saturated heterocycles. The van der Waals surface area contributed by atoms with Crippen LogP contribution in [-0.4, -0.2) is 252 Å². The summed E-state index contributed by atoms with van der Waals surface area (Å²) < 4.78 is 51.8. The van der Waals surface area contributed by atoms with E-state index in [9.17, 15) is 76.0 Å². The molecular weight excluding hydrogens is 808 g/mol. The number of nitrogens with one attached hydrogen (secondary N) is 2. The maximum atomic E-state index is 12.6. The zero-order valence-electron chi connectivity index (χ0n) is 32.0. The van der Waals surface area contributed by atoms with Crippen molar-refractivity contribution < 1.29 is 119 Å². The summed E-state index contributed by atoms with van der Waals surface area (Å²) in [5.74, 6) is -1.52. The monoisotopic (exact) mass is 864 g/mol. The summed E-state index contributed by atoms with van der Waals surface area (Å²) in [6.07, 6.45) is -38.2. The van der Waals surface area contributed by atoms with Crippen LogP contribution in [0, 0.1) is 0 Å². The number of hydrogen-bond acceptors (Lipinski definition) is 24. The van der Waals surface area contributed by atoms with Crippen LogP contribution in [-0.2, 0) is 52.2 Å². The Morgan fingerprint density at radius 1 is 0.508 bits per heavy atom. The number of aliphatic hydroxyl groups is 13. The molecule has 26 heteroatoms. The fourth-order valence-corrected chi connectivity index (χ4v) is 7.48. The molecule has 0 saturated carbocycles. The van der Waals surface area contributed by atoms with Gasteiger partial charge in [-0.1, -0.05) is 0 Å². The third kappa shape index (κ3) is 10.5. The predicted molar refractivity (Wildman–Crippen MR) is 182 cm³/mol. The first-order chi connectivity index (χ1) is 27.8. The van der Waals surface area contributed by atoms with Gasteiger partial charge in [-0.05, 0) is 6.92 Å². The highest BCUT2D eigenvalue weighted by molar-refractivity contribution is 5.73. The largest absolute Gasteiger partial charge is 0.394 e. The van der Waals surface area contributed by atoms with Crippen molar-refractivity contribution in [2.75, 3.05) is 26.4 Å². The Hall–Kier alpha value is -1.94. The van der Waals surface area contributed by atoms with Crippen molar-refractivity contribution in [1.82, 2.24) is 10.6 Å². The zero-order valence-corrected chi connectivity index (χ0v) is 32.0. The molecule has 2 amide bonds. The fourth-order valence-electron chi connectivity index (χ4n) is 7.48. The number of carbonyl (C=O) groups is 2. The van der Waals surface area contributed by atoms with Gasteiger partial charge in [0, 0.05) is 13.8 Å². The SMILES string of the molecule is CC(=O)N[C@H]1[C@H](O[C@H]2[C@H](O[C@@H]3O[C@@H](C)[C@@H](O)[C@@H](O)[C@@H]3O)[C@@H](NC(C)=O)C(O)O[C@@H]2CO)O[C@H](CO)[C@@H](O[C@@H]2O[C@H](CO)[C@@H](O)[C@H](O)[C@@H]2O[C@@H]2OC[C@@H](O)[C@H](O)[C@H]2O)[C@@H]1O. The standard InChI is InChI=1S/C33H56N2O24/c1-8-17(42)21(46)24(49)32(52-8)58-27-16(35-10(3)40)29(50)53-14(6-38)26(27)57-30-15(34-9(2)39)20(45)25(13(5-37)55-30)56-33-28(22(47)19(44)12(4-36)54-33)59-31-23(48)18(43)11(41)7-51-31/h8,11-33,36-38,41-50H,4-7H2,1-3H3,(H,34,39)(H,35,40)/t8-,11+,12+,13+,14+,15+,16+,17+,18-,19+,20+,21+,22-,23+,24-,25+,26+,27+,28-,29?,30-,31-,32-,33-/m0/s1. The van der Waals surface area contributed by atoms with Crippen LogP contribution in [0.3, 0.4) is 0 Å². The van der Waals surface area contributed by atoms with Crippen molar-refractivity contribution in [1.29, 1.82) is 0 Å². The fraction of sp³-hybridized carbons (Fsp3) is 0.939. The molecule has 1 unspecified atom stereocenters. The van der Waals surface area contributed by atoms with Gasteiger partial charge in [-0.3, -0.25) is 9.59 Å². The first-order valence-corrected chi connectivity index (χ1v) is 18.9. The van der Waals surface area contributed by atoms with Gasteiger partial charge in [-0.15, -0.1) is 0 Å². The Kier molecular flexibility index (Phi) is 16.7.